The predicted molar refractivity (Wildman–Crippen MR) is 68.8 cm³/mol. The van der Waals surface area contributed by atoms with Crippen LogP contribution in [0.5, 0.6) is 0 Å². The van der Waals surface area contributed by atoms with Crippen LogP contribution >= 0.6 is 0 Å². The van der Waals surface area contributed by atoms with Gasteiger partial charge in [-0.25, -0.2) is 9.37 Å². The van der Waals surface area contributed by atoms with Crippen molar-refractivity contribution >= 4 is 29.0 Å². The number of aromatic nitrogens is 2. The molecule has 3 rings (SSSR count). The molecule has 0 spiro atoms. The van der Waals surface area contributed by atoms with Gasteiger partial charge in [-0.05, 0) is 24.3 Å². The summed E-state index contributed by atoms with van der Waals surface area (Å²) in [6.07, 6.45) is 1.51. The van der Waals surface area contributed by atoms with Crippen LogP contribution in [0.3, 0.4) is 0 Å². The molecule has 2 heterocycles. The van der Waals surface area contributed by atoms with Crippen molar-refractivity contribution in [3.05, 3.63) is 36.3 Å². The van der Waals surface area contributed by atoms with Gasteiger partial charge in [-0.3, -0.25) is 4.79 Å². The number of benzene rings is 1. The van der Waals surface area contributed by atoms with E-state index in [1.165, 1.54) is 18.3 Å². The molecule has 0 aliphatic carbocycles. The number of fused-ring (bicyclic) bond motifs is 1. The van der Waals surface area contributed by atoms with Crippen molar-refractivity contribution in [2.24, 2.45) is 0 Å². The van der Waals surface area contributed by atoms with Gasteiger partial charge in [0.15, 0.2) is 5.82 Å². The summed E-state index contributed by atoms with van der Waals surface area (Å²) < 4.78 is 12.8. The molecule has 1 aliphatic heterocycles. The van der Waals surface area contributed by atoms with Crippen LogP contribution in [-0.4, -0.2) is 22.4 Å². The minimum Gasteiger partial charge on any atom is -0.359 e. The monoisotopic (exact) mass is 259 g/mol. The van der Waals surface area contributed by atoms with Crippen LogP contribution in [0, 0.1) is 5.82 Å². The van der Waals surface area contributed by atoms with E-state index in [4.69, 9.17) is 0 Å². The third-order valence-electron chi connectivity index (χ3n) is 2.58. The Balaban J connectivity index is 1.82. The topological polar surface area (TPSA) is 78.9 Å². The zero-order valence-electron chi connectivity index (χ0n) is 9.77. The van der Waals surface area contributed by atoms with Crippen LogP contribution in [0.2, 0.25) is 0 Å². The molecule has 7 heteroatoms. The molecule has 1 aromatic carbocycles. The van der Waals surface area contributed by atoms with Gasteiger partial charge in [0.1, 0.15) is 11.5 Å². The molecule has 0 saturated heterocycles. The molecule has 0 radical (unpaired) electrons. The van der Waals surface area contributed by atoms with Crippen LogP contribution in [0.15, 0.2) is 30.5 Å². The molecule has 19 heavy (non-hydrogen) atoms. The molecule has 2 aromatic rings. The van der Waals surface area contributed by atoms with Crippen LogP contribution in [0.4, 0.5) is 27.5 Å². The highest BCUT2D eigenvalue weighted by molar-refractivity contribution is 5.99. The first-order valence-electron chi connectivity index (χ1n) is 5.64. The molecule has 0 bridgehead atoms. The summed E-state index contributed by atoms with van der Waals surface area (Å²) in [5.41, 5.74) is 1.22. The summed E-state index contributed by atoms with van der Waals surface area (Å²) in [7, 11) is 0. The summed E-state index contributed by atoms with van der Waals surface area (Å²) in [4.78, 5) is 19.5. The van der Waals surface area contributed by atoms with E-state index in [0.717, 1.165) is 0 Å². The molecular formula is C12H10FN5O. The highest BCUT2D eigenvalue weighted by Gasteiger charge is 2.16. The Morgan fingerprint density at radius 2 is 2.05 bits per heavy atom. The van der Waals surface area contributed by atoms with Crippen molar-refractivity contribution in [2.75, 3.05) is 22.5 Å². The summed E-state index contributed by atoms with van der Waals surface area (Å²) in [6.45, 7) is 0.181. The number of halogens is 1. The number of amides is 1. The Labute approximate surface area is 108 Å². The van der Waals surface area contributed by atoms with Gasteiger partial charge in [0.25, 0.3) is 0 Å². The molecule has 6 nitrogen and oxygen atoms in total. The maximum Gasteiger partial charge on any atom is 0.243 e. The van der Waals surface area contributed by atoms with Gasteiger partial charge in [0, 0.05) is 5.69 Å². The zero-order chi connectivity index (χ0) is 13.2. The van der Waals surface area contributed by atoms with Gasteiger partial charge < -0.3 is 16.0 Å². The average molecular weight is 259 g/mol. The molecule has 0 fully saturated rings. The highest BCUT2D eigenvalue weighted by atomic mass is 19.1. The van der Waals surface area contributed by atoms with Crippen molar-refractivity contribution < 1.29 is 9.18 Å². The lowest BCUT2D eigenvalue weighted by atomic mass is 10.3. The molecule has 0 atom stereocenters. The molecule has 1 aliphatic rings. The van der Waals surface area contributed by atoms with E-state index < -0.39 is 0 Å². The number of hydrogen-bond acceptors (Lipinski definition) is 5. The van der Waals surface area contributed by atoms with Crippen LogP contribution in [-0.2, 0) is 4.79 Å². The third kappa shape index (κ3) is 2.44. The number of nitrogens with zero attached hydrogens (tertiary/aromatic N) is 2. The zero-order valence-corrected chi connectivity index (χ0v) is 9.77. The lowest BCUT2D eigenvalue weighted by Crippen LogP contribution is -2.28. The molecule has 1 aromatic heterocycles. The fourth-order valence-electron chi connectivity index (χ4n) is 1.69. The van der Waals surface area contributed by atoms with Gasteiger partial charge in [0.05, 0.1) is 12.7 Å². The standard InChI is InChI=1S/C12H10FN5O/c13-7-1-3-8(4-2-7)16-12-15-5-9-11(18-12)14-6-10(19)17-9/h1-5H,6H2,(H,17,19)(H2,14,15,16,18). The SMILES string of the molecule is O=C1CNc2nc(Nc3ccc(F)cc3)ncc2N1. The lowest BCUT2D eigenvalue weighted by molar-refractivity contribution is -0.114. The number of carbonyl (C=O) groups excluding carboxylic acids is 1. The normalized spacial score (nSPS) is 13.2. The first-order valence-corrected chi connectivity index (χ1v) is 5.64. The Morgan fingerprint density at radius 1 is 1.26 bits per heavy atom. The van der Waals surface area contributed by atoms with Gasteiger partial charge in [-0.2, -0.15) is 4.98 Å². The van der Waals surface area contributed by atoms with E-state index in [0.29, 0.717) is 23.1 Å². The fourth-order valence-corrected chi connectivity index (χ4v) is 1.69. The van der Waals surface area contributed by atoms with Crippen molar-refractivity contribution in [1.82, 2.24) is 9.97 Å². The van der Waals surface area contributed by atoms with E-state index in [2.05, 4.69) is 25.9 Å². The Hall–Kier alpha value is -2.70. The maximum atomic E-state index is 12.8. The van der Waals surface area contributed by atoms with Gasteiger partial charge in [-0.15, -0.1) is 0 Å². The molecule has 1 amide bonds. The second-order valence-corrected chi connectivity index (χ2v) is 3.99. The van der Waals surface area contributed by atoms with E-state index in [-0.39, 0.29) is 18.3 Å². The number of rotatable bonds is 2. The molecular weight excluding hydrogens is 249 g/mol. The maximum absolute atomic E-state index is 12.8. The number of nitrogens with one attached hydrogen (secondary N) is 3. The first-order chi connectivity index (χ1) is 9.20. The van der Waals surface area contributed by atoms with E-state index >= 15 is 0 Å². The average Bonchev–Trinajstić information content (AvgIpc) is 2.42. The number of carbonyl (C=O) groups is 1. The summed E-state index contributed by atoms with van der Waals surface area (Å²) >= 11 is 0. The second-order valence-electron chi connectivity index (χ2n) is 3.99. The first kappa shape index (κ1) is 11.4. The van der Waals surface area contributed by atoms with Crippen molar-refractivity contribution in [3.8, 4) is 0 Å². The van der Waals surface area contributed by atoms with E-state index in [9.17, 15) is 9.18 Å². The second kappa shape index (κ2) is 4.52. The fraction of sp³-hybridized carbons (Fsp3) is 0.0833. The van der Waals surface area contributed by atoms with Crippen LogP contribution < -0.4 is 16.0 Å². The quantitative estimate of drug-likeness (QED) is 0.765. The molecule has 0 saturated carbocycles. The number of anilines is 4. The van der Waals surface area contributed by atoms with Crippen LogP contribution in [0.1, 0.15) is 0 Å². The lowest BCUT2D eigenvalue weighted by Gasteiger charge is -2.17. The van der Waals surface area contributed by atoms with Gasteiger partial charge in [0.2, 0.25) is 11.9 Å². The Bertz CT molecular complexity index is 629. The summed E-state index contributed by atoms with van der Waals surface area (Å²) in [6, 6.07) is 5.87. The van der Waals surface area contributed by atoms with Crippen molar-refractivity contribution in [3.63, 3.8) is 0 Å². The molecule has 3 N–H and O–H groups in total. The summed E-state index contributed by atoms with van der Waals surface area (Å²) in [5.74, 6) is 0.491. The molecule has 0 unspecified atom stereocenters. The van der Waals surface area contributed by atoms with E-state index in [1.807, 2.05) is 0 Å². The van der Waals surface area contributed by atoms with Crippen molar-refractivity contribution in [2.45, 2.75) is 0 Å². The molecule has 96 valence electrons. The third-order valence-corrected chi connectivity index (χ3v) is 2.58. The smallest absolute Gasteiger partial charge is 0.243 e. The highest BCUT2D eigenvalue weighted by Crippen LogP contribution is 2.23. The number of hydrogen-bond donors (Lipinski definition) is 3. The van der Waals surface area contributed by atoms with Gasteiger partial charge >= 0.3 is 0 Å². The van der Waals surface area contributed by atoms with Crippen LogP contribution in [0.25, 0.3) is 0 Å². The minimum atomic E-state index is -0.304. The summed E-state index contributed by atoms with van der Waals surface area (Å²) in [5, 5.41) is 8.49. The largest absolute Gasteiger partial charge is 0.359 e. The Kier molecular flexibility index (Phi) is 2.71. The van der Waals surface area contributed by atoms with Crippen molar-refractivity contribution in [1.29, 1.82) is 0 Å². The predicted octanol–water partition coefficient (Wildman–Crippen LogP) is 1.72. The minimum absolute atomic E-state index is 0.129. The van der Waals surface area contributed by atoms with E-state index in [1.54, 1.807) is 12.1 Å². The van der Waals surface area contributed by atoms with Gasteiger partial charge in [-0.1, -0.05) is 0 Å². The Morgan fingerprint density at radius 3 is 2.84 bits per heavy atom.